The third-order valence-electron chi connectivity index (χ3n) is 6.45. The van der Waals surface area contributed by atoms with Gasteiger partial charge in [0.25, 0.3) is 0 Å². The van der Waals surface area contributed by atoms with Crippen LogP contribution in [0.1, 0.15) is 35.6 Å². The molecule has 2 unspecified atom stereocenters. The molecule has 0 fully saturated rings. The number of aromatic nitrogens is 1. The Labute approximate surface area is 199 Å². The summed E-state index contributed by atoms with van der Waals surface area (Å²) in [7, 11) is -3.88. The van der Waals surface area contributed by atoms with Gasteiger partial charge in [-0.15, -0.1) is 0 Å². The van der Waals surface area contributed by atoms with Gasteiger partial charge in [0.05, 0.1) is 10.9 Å². The molecule has 4 aromatic rings. The summed E-state index contributed by atoms with van der Waals surface area (Å²) in [5, 5.41) is 4.11. The summed E-state index contributed by atoms with van der Waals surface area (Å²) in [5.41, 5.74) is 4.18. The summed E-state index contributed by atoms with van der Waals surface area (Å²) in [4.78, 5) is 16.9. The highest BCUT2D eigenvalue weighted by molar-refractivity contribution is 7.89. The van der Waals surface area contributed by atoms with Crippen molar-refractivity contribution in [3.8, 4) is 0 Å². The summed E-state index contributed by atoms with van der Waals surface area (Å²) in [6.07, 6.45) is 4.87. The lowest BCUT2D eigenvalue weighted by molar-refractivity contribution is -0.123. The van der Waals surface area contributed by atoms with Crippen molar-refractivity contribution in [3.63, 3.8) is 0 Å². The number of aromatic amines is 1. The van der Waals surface area contributed by atoms with Crippen molar-refractivity contribution < 1.29 is 13.2 Å². The number of sulfonamides is 1. The van der Waals surface area contributed by atoms with Crippen LogP contribution in [0.4, 0.5) is 0 Å². The van der Waals surface area contributed by atoms with Gasteiger partial charge in [-0.25, -0.2) is 8.42 Å². The number of amides is 1. The molecule has 1 aliphatic carbocycles. The van der Waals surface area contributed by atoms with Crippen LogP contribution >= 0.6 is 0 Å². The Morgan fingerprint density at radius 3 is 2.56 bits per heavy atom. The molecule has 0 radical (unpaired) electrons. The van der Waals surface area contributed by atoms with Crippen molar-refractivity contribution in [3.05, 3.63) is 102 Å². The summed E-state index contributed by atoms with van der Waals surface area (Å²) < 4.78 is 28.9. The number of carbonyl (C=O) groups excluding carboxylic acids is 1. The van der Waals surface area contributed by atoms with Crippen LogP contribution in [0.25, 0.3) is 10.9 Å². The van der Waals surface area contributed by atoms with Crippen LogP contribution in [-0.4, -0.2) is 25.4 Å². The number of carbonyl (C=O) groups is 1. The van der Waals surface area contributed by atoms with Crippen LogP contribution in [0, 0.1) is 0 Å². The van der Waals surface area contributed by atoms with Gasteiger partial charge < -0.3 is 10.3 Å². The number of fused-ring (bicyclic) bond motifs is 2. The molecular weight excluding hydrogens is 446 g/mol. The van der Waals surface area contributed by atoms with E-state index in [4.69, 9.17) is 0 Å². The molecule has 174 valence electrons. The maximum Gasteiger partial charge on any atom is 0.241 e. The fraction of sp³-hybridized carbons (Fsp3) is 0.222. The number of hydrogen-bond acceptors (Lipinski definition) is 3. The first kappa shape index (κ1) is 22.4. The molecule has 0 bridgehead atoms. The fourth-order valence-corrected chi connectivity index (χ4v) is 5.96. The third kappa shape index (κ3) is 4.62. The Kier molecular flexibility index (Phi) is 6.22. The molecule has 0 saturated heterocycles. The average molecular weight is 474 g/mol. The van der Waals surface area contributed by atoms with Gasteiger partial charge in [0.2, 0.25) is 15.9 Å². The largest absolute Gasteiger partial charge is 0.361 e. The second-order valence-electron chi connectivity index (χ2n) is 8.70. The zero-order chi connectivity index (χ0) is 23.5. The first-order chi connectivity index (χ1) is 16.5. The molecule has 6 nitrogen and oxygen atoms in total. The molecule has 34 heavy (non-hydrogen) atoms. The minimum Gasteiger partial charge on any atom is -0.361 e. The van der Waals surface area contributed by atoms with E-state index >= 15 is 0 Å². The van der Waals surface area contributed by atoms with Gasteiger partial charge in [-0.2, -0.15) is 4.72 Å². The van der Waals surface area contributed by atoms with Crippen LogP contribution < -0.4 is 10.0 Å². The van der Waals surface area contributed by atoms with Gasteiger partial charge in [-0.05, 0) is 60.6 Å². The number of hydrogen-bond donors (Lipinski definition) is 3. The lowest BCUT2D eigenvalue weighted by atomic mass is 9.87. The zero-order valence-electron chi connectivity index (χ0n) is 18.7. The van der Waals surface area contributed by atoms with Gasteiger partial charge in [0, 0.05) is 17.1 Å². The van der Waals surface area contributed by atoms with E-state index in [1.54, 1.807) is 18.2 Å². The van der Waals surface area contributed by atoms with Gasteiger partial charge in [0.15, 0.2) is 0 Å². The smallest absolute Gasteiger partial charge is 0.241 e. The van der Waals surface area contributed by atoms with Crippen molar-refractivity contribution in [2.75, 3.05) is 0 Å². The first-order valence-corrected chi connectivity index (χ1v) is 13.0. The molecular formula is C27H27N3O3S. The highest BCUT2D eigenvalue weighted by Gasteiger charge is 2.30. The zero-order valence-corrected chi connectivity index (χ0v) is 19.5. The fourth-order valence-electron chi connectivity index (χ4n) is 4.74. The van der Waals surface area contributed by atoms with Gasteiger partial charge >= 0.3 is 0 Å². The molecule has 1 aromatic heterocycles. The molecule has 1 aliphatic rings. The predicted molar refractivity (Wildman–Crippen MR) is 133 cm³/mol. The molecule has 3 aromatic carbocycles. The molecule has 2 atom stereocenters. The molecule has 7 heteroatoms. The van der Waals surface area contributed by atoms with Crippen molar-refractivity contribution in [1.29, 1.82) is 0 Å². The van der Waals surface area contributed by atoms with E-state index in [9.17, 15) is 13.2 Å². The Morgan fingerprint density at radius 1 is 0.971 bits per heavy atom. The Bertz CT molecular complexity index is 1410. The quantitative estimate of drug-likeness (QED) is 0.375. The Hall–Kier alpha value is -3.42. The van der Waals surface area contributed by atoms with Crippen molar-refractivity contribution in [2.24, 2.45) is 0 Å². The average Bonchev–Trinajstić information content (AvgIpc) is 3.27. The standard InChI is InChI=1S/C27H27N3O3S/c31-27(29-25-16-8-10-19-9-4-5-13-22(19)25)26(30-34(32,33)21-11-2-1-3-12-21)17-20-18-28-24-15-7-6-14-23(20)24/h1-7,9,11-15,18,25-26,28,30H,8,10,16-17H2,(H,29,31). The molecule has 1 heterocycles. The van der Waals surface area contributed by atoms with Crippen molar-refractivity contribution >= 4 is 26.8 Å². The second kappa shape index (κ2) is 9.44. The molecule has 5 rings (SSSR count). The van der Waals surface area contributed by atoms with Crippen LogP contribution in [0.5, 0.6) is 0 Å². The number of nitrogens with one attached hydrogen (secondary N) is 3. The van der Waals surface area contributed by atoms with E-state index in [-0.39, 0.29) is 23.3 Å². The summed E-state index contributed by atoms with van der Waals surface area (Å²) in [5.74, 6) is -0.327. The Morgan fingerprint density at radius 2 is 1.71 bits per heavy atom. The monoisotopic (exact) mass is 473 g/mol. The normalized spacial score (nSPS) is 16.6. The van der Waals surface area contributed by atoms with E-state index in [0.717, 1.165) is 41.3 Å². The van der Waals surface area contributed by atoms with Gasteiger partial charge in [-0.3, -0.25) is 4.79 Å². The molecule has 3 N–H and O–H groups in total. The summed E-state index contributed by atoms with van der Waals surface area (Å²) in [6, 6.07) is 23.0. The molecule has 1 amide bonds. The second-order valence-corrected chi connectivity index (χ2v) is 10.4. The number of para-hydroxylation sites is 1. The Balaban J connectivity index is 1.44. The van der Waals surface area contributed by atoms with Crippen LogP contribution in [0.3, 0.4) is 0 Å². The lowest BCUT2D eigenvalue weighted by Crippen LogP contribution is -2.49. The minimum absolute atomic E-state index is 0.134. The number of benzene rings is 3. The molecule has 0 saturated carbocycles. The predicted octanol–water partition coefficient (Wildman–Crippen LogP) is 4.25. The summed E-state index contributed by atoms with van der Waals surface area (Å²) >= 11 is 0. The lowest BCUT2D eigenvalue weighted by Gasteiger charge is -2.28. The van der Waals surface area contributed by atoms with E-state index in [2.05, 4.69) is 21.1 Å². The molecule has 0 spiro atoms. The SMILES string of the molecule is O=C(NC1CCCc2ccccc21)C(Cc1c[nH]c2ccccc12)NS(=O)(=O)c1ccccc1. The van der Waals surface area contributed by atoms with Crippen LogP contribution in [-0.2, 0) is 27.7 Å². The number of aryl methyl sites for hydroxylation is 1. The molecule has 0 aliphatic heterocycles. The highest BCUT2D eigenvalue weighted by atomic mass is 32.2. The van der Waals surface area contributed by atoms with Crippen LogP contribution in [0.2, 0.25) is 0 Å². The van der Waals surface area contributed by atoms with E-state index in [0.29, 0.717) is 0 Å². The van der Waals surface area contributed by atoms with E-state index < -0.39 is 16.1 Å². The van der Waals surface area contributed by atoms with Gasteiger partial charge in [0.1, 0.15) is 6.04 Å². The number of H-pyrrole nitrogens is 1. The van der Waals surface area contributed by atoms with E-state index in [1.165, 1.54) is 17.7 Å². The van der Waals surface area contributed by atoms with Crippen molar-refractivity contribution in [2.45, 2.75) is 42.7 Å². The maximum atomic E-state index is 13.5. The first-order valence-electron chi connectivity index (χ1n) is 11.5. The van der Waals surface area contributed by atoms with Gasteiger partial charge in [-0.1, -0.05) is 60.7 Å². The van der Waals surface area contributed by atoms with E-state index in [1.807, 2.05) is 48.7 Å². The minimum atomic E-state index is -3.88. The summed E-state index contributed by atoms with van der Waals surface area (Å²) in [6.45, 7) is 0. The van der Waals surface area contributed by atoms with Crippen molar-refractivity contribution in [1.82, 2.24) is 15.0 Å². The number of rotatable bonds is 7. The third-order valence-corrected chi connectivity index (χ3v) is 7.94. The topological polar surface area (TPSA) is 91.1 Å². The highest BCUT2D eigenvalue weighted by Crippen LogP contribution is 2.30. The van der Waals surface area contributed by atoms with Crippen LogP contribution in [0.15, 0.2) is 90.0 Å². The maximum absolute atomic E-state index is 13.5.